The molecule has 0 saturated carbocycles. The van der Waals surface area contributed by atoms with E-state index in [4.69, 9.17) is 0 Å². The van der Waals surface area contributed by atoms with Crippen molar-refractivity contribution < 1.29 is 17.2 Å². The lowest BCUT2D eigenvalue weighted by Gasteiger charge is -2.31. The Labute approximate surface area is 133 Å². The predicted octanol–water partition coefficient (Wildman–Crippen LogP) is 2.56. The van der Waals surface area contributed by atoms with E-state index in [2.05, 4.69) is 10.2 Å². The summed E-state index contributed by atoms with van der Waals surface area (Å²) in [5.74, 6) is -2.19. The summed E-state index contributed by atoms with van der Waals surface area (Å²) >= 11 is 0. The summed E-state index contributed by atoms with van der Waals surface area (Å²) in [5.41, 5.74) is 1.82. The van der Waals surface area contributed by atoms with E-state index in [0.29, 0.717) is 6.42 Å². The molecule has 1 aromatic heterocycles. The maximum absolute atomic E-state index is 13.9. The normalized spacial score (nSPS) is 19.9. The van der Waals surface area contributed by atoms with Crippen LogP contribution in [0.2, 0.25) is 0 Å². The number of hydrogen-bond acceptors (Lipinski definition) is 3. The molecule has 0 bridgehead atoms. The fraction of sp³-hybridized carbons (Fsp3) is 0.400. The second-order valence-corrected chi connectivity index (χ2v) is 7.59. The molecule has 3 rings (SSSR count). The van der Waals surface area contributed by atoms with Gasteiger partial charge in [-0.15, -0.1) is 0 Å². The molecule has 124 valence electrons. The number of rotatable bonds is 3. The van der Waals surface area contributed by atoms with E-state index in [1.54, 1.807) is 6.20 Å². The molecular weight excluding hydrogens is 324 g/mol. The van der Waals surface area contributed by atoms with Crippen molar-refractivity contribution in [3.8, 4) is 0 Å². The highest BCUT2D eigenvalue weighted by Crippen LogP contribution is 2.32. The van der Waals surface area contributed by atoms with Gasteiger partial charge in [-0.1, -0.05) is 6.07 Å². The molecule has 0 amide bonds. The van der Waals surface area contributed by atoms with Crippen LogP contribution in [0.4, 0.5) is 8.78 Å². The van der Waals surface area contributed by atoms with Crippen molar-refractivity contribution in [2.45, 2.75) is 30.6 Å². The number of H-pyrrole nitrogens is 1. The molecule has 2 heterocycles. The van der Waals surface area contributed by atoms with Crippen LogP contribution in [0.1, 0.15) is 30.0 Å². The largest absolute Gasteiger partial charge is 0.282 e. The Kier molecular flexibility index (Phi) is 4.20. The molecule has 23 heavy (non-hydrogen) atoms. The molecule has 2 aromatic rings. The van der Waals surface area contributed by atoms with Crippen LogP contribution in [-0.2, 0) is 10.0 Å². The van der Waals surface area contributed by atoms with Gasteiger partial charge in [0.1, 0.15) is 11.6 Å². The first kappa shape index (κ1) is 16.1. The van der Waals surface area contributed by atoms with E-state index in [-0.39, 0.29) is 19.0 Å². The highest BCUT2D eigenvalue weighted by molar-refractivity contribution is 7.89. The zero-order chi connectivity index (χ0) is 16.6. The van der Waals surface area contributed by atoms with E-state index in [0.717, 1.165) is 40.2 Å². The zero-order valence-electron chi connectivity index (χ0n) is 12.6. The molecule has 0 radical (unpaired) electrons. The van der Waals surface area contributed by atoms with Crippen LogP contribution in [0.5, 0.6) is 0 Å². The minimum atomic E-state index is -4.21. The van der Waals surface area contributed by atoms with Crippen LogP contribution >= 0.6 is 0 Å². The molecule has 1 aromatic carbocycles. The number of halogens is 2. The first-order valence-electron chi connectivity index (χ1n) is 7.35. The predicted molar refractivity (Wildman–Crippen MR) is 80.4 cm³/mol. The van der Waals surface area contributed by atoms with E-state index in [9.17, 15) is 17.2 Å². The standard InChI is InChI=1S/C15H17F2N3O2S/c1-10-8-18-19-14(10)11-4-3-7-20(9-11)23(21,22)15-12(16)5-2-6-13(15)17/h2,5-6,8,11H,3-4,7,9H2,1H3,(H,18,19)/t11-/m1/s1. The lowest BCUT2D eigenvalue weighted by Crippen LogP contribution is -2.40. The minimum Gasteiger partial charge on any atom is -0.282 e. The average Bonchev–Trinajstić information content (AvgIpc) is 2.93. The Bertz CT molecular complexity index is 800. The summed E-state index contributed by atoms with van der Waals surface area (Å²) in [7, 11) is -4.21. The fourth-order valence-corrected chi connectivity index (χ4v) is 4.66. The number of nitrogens with zero attached hydrogens (tertiary/aromatic N) is 2. The van der Waals surface area contributed by atoms with E-state index >= 15 is 0 Å². The third-order valence-electron chi connectivity index (χ3n) is 4.18. The number of benzene rings is 1. The molecule has 0 unspecified atom stereocenters. The van der Waals surface area contributed by atoms with Crippen LogP contribution in [0.15, 0.2) is 29.3 Å². The van der Waals surface area contributed by atoms with Crippen molar-refractivity contribution >= 4 is 10.0 Å². The number of piperidine rings is 1. The second-order valence-electron chi connectivity index (χ2n) is 5.72. The lowest BCUT2D eigenvalue weighted by atomic mass is 9.94. The number of sulfonamides is 1. The smallest absolute Gasteiger partial charge is 0.248 e. The highest BCUT2D eigenvalue weighted by Gasteiger charge is 2.35. The maximum Gasteiger partial charge on any atom is 0.248 e. The van der Waals surface area contributed by atoms with Gasteiger partial charge >= 0.3 is 0 Å². The molecule has 5 nitrogen and oxygen atoms in total. The van der Waals surface area contributed by atoms with Crippen LogP contribution in [-0.4, -0.2) is 36.0 Å². The number of nitrogens with one attached hydrogen (secondary N) is 1. The van der Waals surface area contributed by atoms with Crippen molar-refractivity contribution in [3.63, 3.8) is 0 Å². The molecule has 1 aliphatic heterocycles. The Morgan fingerprint density at radius 2 is 2.00 bits per heavy atom. The Morgan fingerprint density at radius 3 is 2.61 bits per heavy atom. The summed E-state index contributed by atoms with van der Waals surface area (Å²) in [4.78, 5) is -0.873. The summed E-state index contributed by atoms with van der Waals surface area (Å²) in [5, 5.41) is 6.85. The average molecular weight is 341 g/mol. The molecule has 0 spiro atoms. The van der Waals surface area contributed by atoms with Crippen LogP contribution in [0, 0.1) is 18.6 Å². The van der Waals surface area contributed by atoms with E-state index < -0.39 is 26.6 Å². The van der Waals surface area contributed by atoms with Crippen LogP contribution in [0.25, 0.3) is 0 Å². The highest BCUT2D eigenvalue weighted by atomic mass is 32.2. The van der Waals surface area contributed by atoms with Gasteiger partial charge < -0.3 is 0 Å². The quantitative estimate of drug-likeness (QED) is 0.933. The second kappa shape index (κ2) is 6.01. The Balaban J connectivity index is 1.93. The lowest BCUT2D eigenvalue weighted by molar-refractivity contribution is 0.309. The first-order chi connectivity index (χ1) is 10.9. The molecule has 8 heteroatoms. The van der Waals surface area contributed by atoms with E-state index in [1.165, 1.54) is 0 Å². The molecule has 1 N–H and O–H groups in total. The Morgan fingerprint density at radius 1 is 1.30 bits per heavy atom. The van der Waals surface area contributed by atoms with Crippen LogP contribution < -0.4 is 0 Å². The molecular formula is C15H17F2N3O2S. The fourth-order valence-electron chi connectivity index (χ4n) is 3.02. The van der Waals surface area contributed by atoms with Crippen molar-refractivity contribution in [2.24, 2.45) is 0 Å². The number of aryl methyl sites for hydroxylation is 1. The summed E-state index contributed by atoms with van der Waals surface area (Å²) in [6.45, 7) is 2.32. The van der Waals surface area contributed by atoms with Gasteiger partial charge in [-0.3, -0.25) is 5.10 Å². The molecule has 1 fully saturated rings. The minimum absolute atomic E-state index is 0.0594. The monoisotopic (exact) mass is 341 g/mol. The topological polar surface area (TPSA) is 66.1 Å². The summed E-state index contributed by atoms with van der Waals surface area (Å²) in [6.07, 6.45) is 3.10. The van der Waals surface area contributed by atoms with Gasteiger partial charge in [0.2, 0.25) is 10.0 Å². The first-order valence-corrected chi connectivity index (χ1v) is 8.79. The number of aromatic nitrogens is 2. The van der Waals surface area contributed by atoms with Crippen LogP contribution in [0.3, 0.4) is 0 Å². The number of hydrogen-bond donors (Lipinski definition) is 1. The maximum atomic E-state index is 13.9. The number of aromatic amines is 1. The van der Waals surface area contributed by atoms with Crippen molar-refractivity contribution in [2.75, 3.05) is 13.1 Å². The molecule has 1 aliphatic rings. The van der Waals surface area contributed by atoms with Crippen molar-refractivity contribution in [1.82, 2.24) is 14.5 Å². The van der Waals surface area contributed by atoms with Gasteiger partial charge in [-0.2, -0.15) is 9.40 Å². The van der Waals surface area contributed by atoms with Crippen molar-refractivity contribution in [1.29, 1.82) is 0 Å². The molecule has 0 aliphatic carbocycles. The van der Waals surface area contributed by atoms with Gasteiger partial charge in [0, 0.05) is 24.7 Å². The summed E-state index contributed by atoms with van der Waals surface area (Å²) in [6, 6.07) is 3.06. The summed E-state index contributed by atoms with van der Waals surface area (Å²) < 4.78 is 54.2. The Hall–Kier alpha value is -1.80. The zero-order valence-corrected chi connectivity index (χ0v) is 13.4. The van der Waals surface area contributed by atoms with Gasteiger partial charge in [0.15, 0.2) is 4.90 Å². The third kappa shape index (κ3) is 2.88. The third-order valence-corrected chi connectivity index (χ3v) is 6.09. The SMILES string of the molecule is Cc1cn[nH]c1[C@@H]1CCCN(S(=O)(=O)c2c(F)cccc2F)C1. The molecule has 1 saturated heterocycles. The van der Waals surface area contributed by atoms with Gasteiger partial charge in [-0.05, 0) is 37.5 Å². The molecule has 1 atom stereocenters. The van der Waals surface area contributed by atoms with Gasteiger partial charge in [-0.25, -0.2) is 17.2 Å². The van der Waals surface area contributed by atoms with Gasteiger partial charge in [0.25, 0.3) is 0 Å². The van der Waals surface area contributed by atoms with Gasteiger partial charge in [0.05, 0.1) is 6.20 Å². The van der Waals surface area contributed by atoms with E-state index in [1.807, 2.05) is 6.92 Å². The van der Waals surface area contributed by atoms with Crippen molar-refractivity contribution in [3.05, 3.63) is 47.3 Å².